The molecule has 1 heterocycles. The van der Waals surface area contributed by atoms with Crippen LogP contribution in [-0.2, 0) is 0 Å². The highest BCUT2D eigenvalue weighted by Crippen LogP contribution is 2.31. The first-order valence-corrected chi connectivity index (χ1v) is 9.04. The first-order valence-electron chi connectivity index (χ1n) is 7.43. The molecule has 0 amide bonds. The van der Waals surface area contributed by atoms with Gasteiger partial charge in [-0.15, -0.1) is 11.3 Å². The zero-order valence-corrected chi connectivity index (χ0v) is 16.0. The molecule has 0 unspecified atom stereocenters. The van der Waals surface area contributed by atoms with Crippen LogP contribution in [0, 0.1) is 12.7 Å². The van der Waals surface area contributed by atoms with Gasteiger partial charge in [0.15, 0.2) is 0 Å². The van der Waals surface area contributed by atoms with Gasteiger partial charge in [0.1, 0.15) is 11.6 Å². The predicted molar refractivity (Wildman–Crippen MR) is 104 cm³/mol. The number of methoxy groups -OCH3 is 1. The Labute approximate surface area is 157 Å². The smallest absolute Gasteiger partial charge is 0.204 e. The molecule has 0 bridgehead atoms. The van der Waals surface area contributed by atoms with Crippen molar-refractivity contribution in [3.05, 3.63) is 63.2 Å². The summed E-state index contributed by atoms with van der Waals surface area (Å²) >= 11 is 4.92. The van der Waals surface area contributed by atoms with Crippen LogP contribution in [0.15, 0.2) is 52.0 Å². The van der Waals surface area contributed by atoms with Crippen LogP contribution in [0.2, 0.25) is 0 Å². The number of nitrogens with one attached hydrogen (secondary N) is 1. The highest BCUT2D eigenvalue weighted by Gasteiger charge is 2.09. The van der Waals surface area contributed by atoms with Gasteiger partial charge in [-0.1, -0.05) is 28.1 Å². The lowest BCUT2D eigenvalue weighted by molar-refractivity contribution is 0.411. The fourth-order valence-electron chi connectivity index (χ4n) is 2.22. The number of anilines is 1. The Balaban J connectivity index is 1.74. The van der Waals surface area contributed by atoms with E-state index in [1.54, 1.807) is 12.1 Å². The van der Waals surface area contributed by atoms with Crippen molar-refractivity contribution in [1.29, 1.82) is 0 Å². The lowest BCUT2D eigenvalue weighted by atomic mass is 10.1. The van der Waals surface area contributed by atoms with E-state index in [0.29, 0.717) is 16.4 Å². The molecule has 7 heteroatoms. The molecule has 1 aromatic heterocycles. The minimum Gasteiger partial charge on any atom is -0.497 e. The van der Waals surface area contributed by atoms with E-state index in [-0.39, 0.29) is 0 Å². The summed E-state index contributed by atoms with van der Waals surface area (Å²) in [7, 11) is 1.50. The molecule has 0 saturated carbocycles. The summed E-state index contributed by atoms with van der Waals surface area (Å²) in [6, 6.07) is 12.6. The fourth-order valence-corrected chi connectivity index (χ4v) is 3.27. The Hall–Kier alpha value is -2.25. The van der Waals surface area contributed by atoms with E-state index < -0.39 is 5.82 Å². The van der Waals surface area contributed by atoms with E-state index in [2.05, 4.69) is 31.4 Å². The number of hydrogen-bond donors (Lipinski definition) is 1. The maximum Gasteiger partial charge on any atom is 0.204 e. The molecule has 0 radical (unpaired) electrons. The topological polar surface area (TPSA) is 46.5 Å². The van der Waals surface area contributed by atoms with E-state index in [0.717, 1.165) is 20.6 Å². The molecule has 4 nitrogen and oxygen atoms in total. The van der Waals surface area contributed by atoms with Crippen molar-refractivity contribution in [2.45, 2.75) is 6.92 Å². The van der Waals surface area contributed by atoms with Crippen LogP contribution in [0.25, 0.3) is 11.3 Å². The number of benzene rings is 2. The lowest BCUT2D eigenvalue weighted by Crippen LogP contribution is -1.94. The molecular formula is C18H15BrFN3OS. The third-order valence-electron chi connectivity index (χ3n) is 3.49. The van der Waals surface area contributed by atoms with Crippen LogP contribution in [0.3, 0.4) is 0 Å². The highest BCUT2D eigenvalue weighted by molar-refractivity contribution is 9.10. The molecule has 0 spiro atoms. The Morgan fingerprint density at radius 1 is 1.24 bits per heavy atom. The van der Waals surface area contributed by atoms with Gasteiger partial charge in [-0.3, -0.25) is 5.43 Å². The monoisotopic (exact) mass is 419 g/mol. The molecule has 2 aromatic carbocycles. The normalized spacial score (nSPS) is 11.0. The van der Waals surface area contributed by atoms with Crippen molar-refractivity contribution in [1.82, 2.24) is 4.98 Å². The second-order valence-corrected chi connectivity index (χ2v) is 7.31. The first kappa shape index (κ1) is 17.6. The Kier molecular flexibility index (Phi) is 5.45. The third kappa shape index (κ3) is 4.24. The van der Waals surface area contributed by atoms with Crippen molar-refractivity contribution in [3.8, 4) is 17.0 Å². The summed E-state index contributed by atoms with van der Waals surface area (Å²) in [5.41, 5.74) is 5.18. The molecule has 0 atom stereocenters. The standard InChI is InChI=1S/C18H15BrFN3OS/c1-11-17(12-3-6-14(19)7-4-12)22-18(25-11)23-21-10-13-5-8-15(24-2)9-16(13)20/h3-10H,1-2H3,(H,22,23)/b21-10+. The van der Waals surface area contributed by atoms with Crippen molar-refractivity contribution in [2.75, 3.05) is 12.5 Å². The Morgan fingerprint density at radius 3 is 2.68 bits per heavy atom. The SMILES string of the molecule is COc1ccc(/C=N/Nc2nc(-c3ccc(Br)cc3)c(C)s2)c(F)c1. The molecule has 1 N–H and O–H groups in total. The number of aromatic nitrogens is 1. The number of halogens is 2. The van der Waals surface area contributed by atoms with Crippen molar-refractivity contribution < 1.29 is 9.13 Å². The minimum absolute atomic E-state index is 0.370. The number of thiazole rings is 1. The summed E-state index contributed by atoms with van der Waals surface area (Å²) in [6.07, 6.45) is 1.42. The molecule has 0 aliphatic heterocycles. The molecule has 3 aromatic rings. The molecule has 25 heavy (non-hydrogen) atoms. The van der Waals surface area contributed by atoms with Crippen molar-refractivity contribution in [3.63, 3.8) is 0 Å². The van der Waals surface area contributed by atoms with Gasteiger partial charge in [-0.25, -0.2) is 9.37 Å². The van der Waals surface area contributed by atoms with Gasteiger partial charge in [-0.05, 0) is 31.2 Å². The van der Waals surface area contributed by atoms with E-state index in [1.165, 1.54) is 30.7 Å². The van der Waals surface area contributed by atoms with Crippen LogP contribution >= 0.6 is 27.3 Å². The number of ether oxygens (including phenoxy) is 1. The second-order valence-electron chi connectivity index (χ2n) is 5.19. The molecule has 0 fully saturated rings. The van der Waals surface area contributed by atoms with Gasteiger partial charge >= 0.3 is 0 Å². The zero-order valence-electron chi connectivity index (χ0n) is 13.6. The lowest BCUT2D eigenvalue weighted by Gasteiger charge is -2.01. The quantitative estimate of drug-likeness (QED) is 0.440. The summed E-state index contributed by atoms with van der Waals surface area (Å²) in [6.45, 7) is 2.01. The van der Waals surface area contributed by atoms with Gasteiger partial charge in [-0.2, -0.15) is 5.10 Å². The molecule has 0 aliphatic rings. The second kappa shape index (κ2) is 7.76. The van der Waals surface area contributed by atoms with Crippen molar-refractivity contribution in [2.24, 2.45) is 5.10 Å². The van der Waals surface area contributed by atoms with Crippen LogP contribution < -0.4 is 10.2 Å². The van der Waals surface area contributed by atoms with Gasteiger partial charge in [0, 0.05) is 26.5 Å². The van der Waals surface area contributed by atoms with E-state index in [4.69, 9.17) is 4.74 Å². The van der Waals surface area contributed by atoms with Crippen LogP contribution in [0.4, 0.5) is 9.52 Å². The minimum atomic E-state index is -0.393. The first-order chi connectivity index (χ1) is 12.1. The van der Waals surface area contributed by atoms with E-state index in [1.807, 2.05) is 31.2 Å². The molecule has 0 saturated heterocycles. The maximum atomic E-state index is 13.9. The molecule has 3 rings (SSSR count). The zero-order chi connectivity index (χ0) is 17.8. The average molecular weight is 420 g/mol. The van der Waals surface area contributed by atoms with E-state index >= 15 is 0 Å². The van der Waals surface area contributed by atoms with Gasteiger partial charge < -0.3 is 4.74 Å². The fraction of sp³-hybridized carbons (Fsp3) is 0.111. The third-order valence-corrected chi connectivity index (χ3v) is 4.89. The Morgan fingerprint density at radius 2 is 2.00 bits per heavy atom. The number of nitrogens with zero attached hydrogens (tertiary/aromatic N) is 2. The van der Waals surface area contributed by atoms with E-state index in [9.17, 15) is 4.39 Å². The van der Waals surface area contributed by atoms with Crippen LogP contribution in [0.5, 0.6) is 5.75 Å². The number of hydrazone groups is 1. The van der Waals surface area contributed by atoms with Gasteiger partial charge in [0.2, 0.25) is 5.13 Å². The summed E-state index contributed by atoms with van der Waals surface area (Å²) in [5, 5.41) is 4.73. The molecule has 0 aliphatic carbocycles. The predicted octanol–water partition coefficient (Wildman–Crippen LogP) is 5.47. The van der Waals surface area contributed by atoms with Crippen LogP contribution in [0.1, 0.15) is 10.4 Å². The van der Waals surface area contributed by atoms with Gasteiger partial charge in [0.05, 0.1) is 19.0 Å². The number of hydrogen-bond acceptors (Lipinski definition) is 5. The Bertz CT molecular complexity index is 909. The average Bonchev–Trinajstić information content (AvgIpc) is 2.97. The summed E-state index contributed by atoms with van der Waals surface area (Å²) < 4.78 is 19.9. The summed E-state index contributed by atoms with van der Waals surface area (Å²) in [4.78, 5) is 5.63. The number of aryl methyl sites for hydroxylation is 1. The molecule has 128 valence electrons. The molecular weight excluding hydrogens is 405 g/mol. The number of rotatable bonds is 5. The van der Waals surface area contributed by atoms with Gasteiger partial charge in [0.25, 0.3) is 0 Å². The van der Waals surface area contributed by atoms with Crippen molar-refractivity contribution >= 4 is 38.6 Å². The highest BCUT2D eigenvalue weighted by atomic mass is 79.9. The van der Waals surface area contributed by atoms with Crippen LogP contribution in [-0.4, -0.2) is 18.3 Å². The maximum absolute atomic E-state index is 13.9. The largest absolute Gasteiger partial charge is 0.497 e. The summed E-state index contributed by atoms with van der Waals surface area (Å²) in [5.74, 6) is 0.0769.